The Morgan fingerprint density at radius 1 is 0.762 bits per heavy atom. The third-order valence-corrected chi connectivity index (χ3v) is 3.22. The number of hydrogen-bond donors (Lipinski definition) is 0. The molecule has 0 atom stereocenters. The zero-order chi connectivity index (χ0) is 13.7. The van der Waals surface area contributed by atoms with Crippen LogP contribution >= 0.6 is 0 Å². The molecule has 0 heterocycles. The van der Waals surface area contributed by atoms with E-state index < -0.39 is 0 Å². The maximum absolute atomic E-state index is 3.33. The minimum absolute atomic E-state index is 0. The standard InChI is InChI=1S/2C9H13.2ClH.Ti/c2*1-7(2)9-5-4-8(3)6-9;;;/h2*5,7H,4H2,1-3H3;2*1H;/q2*-1;;;+4/p-2. The zero-order valence-electron chi connectivity index (χ0n) is 14.0. The fourth-order valence-electron chi connectivity index (χ4n) is 1.98. The molecule has 0 amide bonds. The monoisotopic (exact) mass is 360 g/mol. The SMILES string of the molecule is CC1=[C-]C(C(C)C)=CC1.CC1=[C-]C(C(C)C)=CC1.[Cl-].[Cl-].[Ti+4]. The molecule has 0 nitrogen and oxygen atoms in total. The molecule has 0 saturated carbocycles. The third kappa shape index (κ3) is 9.79. The molecule has 0 aromatic heterocycles. The first kappa shape index (κ1) is 26.2. The maximum atomic E-state index is 3.33. The van der Waals surface area contributed by atoms with Crippen LogP contribution in [-0.2, 0) is 21.7 Å². The predicted molar refractivity (Wildman–Crippen MR) is 79.9 cm³/mol. The average Bonchev–Trinajstić information content (AvgIpc) is 2.88. The van der Waals surface area contributed by atoms with E-state index in [1.165, 1.54) is 22.3 Å². The van der Waals surface area contributed by atoms with E-state index in [0.717, 1.165) is 12.8 Å². The van der Waals surface area contributed by atoms with Gasteiger partial charge < -0.3 is 24.8 Å². The molecule has 3 heteroatoms. The van der Waals surface area contributed by atoms with E-state index >= 15 is 0 Å². The molecule has 0 aromatic rings. The number of allylic oxidation sites excluding steroid dienone is 8. The Labute approximate surface area is 158 Å². The molecule has 0 radical (unpaired) electrons. The number of halogens is 2. The average molecular weight is 361 g/mol. The summed E-state index contributed by atoms with van der Waals surface area (Å²) in [6, 6.07) is 0. The summed E-state index contributed by atoms with van der Waals surface area (Å²) in [5.74, 6) is 1.31. The second-order valence-electron chi connectivity index (χ2n) is 5.85. The van der Waals surface area contributed by atoms with Crippen molar-refractivity contribution in [3.8, 4) is 0 Å². The topological polar surface area (TPSA) is 0 Å². The van der Waals surface area contributed by atoms with Crippen molar-refractivity contribution in [2.24, 2.45) is 11.8 Å². The van der Waals surface area contributed by atoms with Crippen molar-refractivity contribution in [1.29, 1.82) is 0 Å². The van der Waals surface area contributed by atoms with Crippen LogP contribution in [0.2, 0.25) is 0 Å². The van der Waals surface area contributed by atoms with Gasteiger partial charge in [-0.3, -0.25) is 0 Å². The smallest absolute Gasteiger partial charge is 1.00 e. The van der Waals surface area contributed by atoms with E-state index in [2.05, 4.69) is 65.8 Å². The predicted octanol–water partition coefficient (Wildman–Crippen LogP) is -0.551. The molecular weight excluding hydrogens is 335 g/mol. The molecule has 0 aliphatic heterocycles. The molecule has 2 aliphatic rings. The van der Waals surface area contributed by atoms with E-state index in [-0.39, 0.29) is 46.5 Å². The van der Waals surface area contributed by atoms with E-state index in [1.54, 1.807) is 0 Å². The minimum atomic E-state index is 0. The van der Waals surface area contributed by atoms with Gasteiger partial charge in [0.1, 0.15) is 0 Å². The van der Waals surface area contributed by atoms with Gasteiger partial charge in [-0.25, -0.2) is 35.5 Å². The fraction of sp³-hybridized carbons (Fsp3) is 0.556. The van der Waals surface area contributed by atoms with Crippen LogP contribution in [0.1, 0.15) is 54.4 Å². The summed E-state index contributed by atoms with van der Waals surface area (Å²) in [7, 11) is 0. The van der Waals surface area contributed by atoms with Gasteiger partial charge in [0.15, 0.2) is 0 Å². The third-order valence-electron chi connectivity index (χ3n) is 3.22. The first-order valence-electron chi connectivity index (χ1n) is 6.99. The van der Waals surface area contributed by atoms with Crippen molar-refractivity contribution >= 4 is 0 Å². The van der Waals surface area contributed by atoms with Crippen molar-refractivity contribution in [2.75, 3.05) is 0 Å². The second-order valence-corrected chi connectivity index (χ2v) is 5.85. The molecule has 21 heavy (non-hydrogen) atoms. The Hall–Kier alpha value is 0.254. The summed E-state index contributed by atoms with van der Waals surface area (Å²) in [5, 5.41) is 0. The minimum Gasteiger partial charge on any atom is -1.00 e. The summed E-state index contributed by atoms with van der Waals surface area (Å²) in [5.41, 5.74) is 5.51. The van der Waals surface area contributed by atoms with Crippen LogP contribution in [0, 0.1) is 24.0 Å². The van der Waals surface area contributed by atoms with Crippen LogP contribution in [0.25, 0.3) is 0 Å². The Bertz CT molecular complexity index is 373. The Morgan fingerprint density at radius 2 is 1.05 bits per heavy atom. The molecule has 2 rings (SSSR count). The zero-order valence-corrected chi connectivity index (χ0v) is 17.1. The first-order chi connectivity index (χ1) is 8.40. The molecule has 0 saturated heterocycles. The fourth-order valence-corrected chi connectivity index (χ4v) is 1.98. The van der Waals surface area contributed by atoms with Gasteiger partial charge in [-0.2, -0.15) is 11.1 Å². The van der Waals surface area contributed by atoms with Crippen LogP contribution in [0.15, 0.2) is 34.4 Å². The van der Waals surface area contributed by atoms with Gasteiger partial charge in [0, 0.05) is 0 Å². The molecule has 0 spiro atoms. The summed E-state index contributed by atoms with van der Waals surface area (Å²) < 4.78 is 0. The molecule has 0 bridgehead atoms. The summed E-state index contributed by atoms with van der Waals surface area (Å²) in [4.78, 5) is 0. The maximum Gasteiger partial charge on any atom is 4.00 e. The van der Waals surface area contributed by atoms with Crippen molar-refractivity contribution in [3.05, 3.63) is 46.6 Å². The van der Waals surface area contributed by atoms with Gasteiger partial charge in [-0.1, -0.05) is 66.2 Å². The van der Waals surface area contributed by atoms with Crippen molar-refractivity contribution in [3.63, 3.8) is 0 Å². The van der Waals surface area contributed by atoms with E-state index in [4.69, 9.17) is 0 Å². The van der Waals surface area contributed by atoms with Gasteiger partial charge in [0.25, 0.3) is 0 Å². The Kier molecular flexibility index (Phi) is 15.9. The van der Waals surface area contributed by atoms with Crippen LogP contribution in [0.5, 0.6) is 0 Å². The van der Waals surface area contributed by atoms with Crippen molar-refractivity contribution in [1.82, 2.24) is 0 Å². The summed E-state index contributed by atoms with van der Waals surface area (Å²) in [6.07, 6.45) is 13.4. The van der Waals surface area contributed by atoms with Crippen LogP contribution < -0.4 is 24.8 Å². The van der Waals surface area contributed by atoms with Crippen molar-refractivity contribution < 1.29 is 46.5 Å². The first-order valence-corrected chi connectivity index (χ1v) is 6.99. The number of rotatable bonds is 2. The Morgan fingerprint density at radius 3 is 1.14 bits per heavy atom. The van der Waals surface area contributed by atoms with E-state index in [9.17, 15) is 0 Å². The summed E-state index contributed by atoms with van der Waals surface area (Å²) in [6.45, 7) is 13.1. The molecule has 0 unspecified atom stereocenters. The van der Waals surface area contributed by atoms with Gasteiger partial charge in [-0.15, -0.1) is 0 Å². The van der Waals surface area contributed by atoms with E-state index in [0.29, 0.717) is 11.8 Å². The number of hydrogen-bond acceptors (Lipinski definition) is 0. The molecule has 2 aliphatic carbocycles. The quantitative estimate of drug-likeness (QED) is 0.458. The van der Waals surface area contributed by atoms with Gasteiger partial charge in [0.2, 0.25) is 0 Å². The van der Waals surface area contributed by atoms with Crippen LogP contribution in [-0.4, -0.2) is 0 Å². The van der Waals surface area contributed by atoms with Gasteiger partial charge >= 0.3 is 21.7 Å². The van der Waals surface area contributed by atoms with Crippen LogP contribution in [0.3, 0.4) is 0 Å². The molecular formula is C18H26Cl2Ti. The van der Waals surface area contributed by atoms with Gasteiger partial charge in [-0.05, 0) is 0 Å². The van der Waals surface area contributed by atoms with Crippen molar-refractivity contribution in [2.45, 2.75) is 54.4 Å². The molecule has 0 N–H and O–H groups in total. The summed E-state index contributed by atoms with van der Waals surface area (Å²) >= 11 is 0. The Balaban J connectivity index is -0.000000270. The normalized spacial score (nSPS) is 15.6. The van der Waals surface area contributed by atoms with E-state index in [1.807, 2.05) is 0 Å². The second kappa shape index (κ2) is 12.8. The van der Waals surface area contributed by atoms with Crippen LogP contribution in [0.4, 0.5) is 0 Å². The van der Waals surface area contributed by atoms with Gasteiger partial charge in [0.05, 0.1) is 0 Å². The molecule has 116 valence electrons. The molecule has 0 fully saturated rings. The molecule has 0 aromatic carbocycles. The largest absolute Gasteiger partial charge is 4.00 e.